The summed E-state index contributed by atoms with van der Waals surface area (Å²) in [6, 6.07) is 7.78. The first-order valence-electron chi connectivity index (χ1n) is 8.06. The number of carbonyl (C=O) groups excluding carboxylic acids is 1. The Labute approximate surface area is 136 Å². The molecule has 0 saturated carbocycles. The summed E-state index contributed by atoms with van der Waals surface area (Å²) in [5.41, 5.74) is 3.54. The maximum atomic E-state index is 12.7. The number of ether oxygens (including phenoxy) is 1. The van der Waals surface area contributed by atoms with E-state index in [1.165, 1.54) is 11.3 Å². The lowest BCUT2D eigenvalue weighted by molar-refractivity contribution is -0.138. The van der Waals surface area contributed by atoms with Crippen molar-refractivity contribution in [1.29, 1.82) is 0 Å². The molecule has 0 saturated heterocycles. The van der Waals surface area contributed by atoms with Gasteiger partial charge in [-0.25, -0.2) is 0 Å². The van der Waals surface area contributed by atoms with Crippen molar-refractivity contribution in [1.82, 2.24) is 14.7 Å². The molecule has 0 spiro atoms. The van der Waals surface area contributed by atoms with Gasteiger partial charge in [-0.2, -0.15) is 5.10 Å². The number of amides is 1. The zero-order chi connectivity index (χ0) is 16.4. The first-order valence-corrected chi connectivity index (χ1v) is 8.06. The largest absolute Gasteiger partial charge is 0.481 e. The van der Waals surface area contributed by atoms with E-state index in [-0.39, 0.29) is 5.91 Å². The fourth-order valence-corrected chi connectivity index (χ4v) is 3.00. The molecule has 1 atom stereocenters. The molecule has 1 aliphatic heterocycles. The molecule has 0 aliphatic carbocycles. The second kappa shape index (κ2) is 6.44. The van der Waals surface area contributed by atoms with Crippen LogP contribution < -0.4 is 4.74 Å². The van der Waals surface area contributed by atoms with E-state index < -0.39 is 6.10 Å². The summed E-state index contributed by atoms with van der Waals surface area (Å²) in [6.07, 6.45) is 3.29. The summed E-state index contributed by atoms with van der Waals surface area (Å²) in [4.78, 5) is 14.6. The molecule has 3 rings (SSSR count). The number of benzene rings is 1. The predicted molar refractivity (Wildman–Crippen MR) is 88.2 cm³/mol. The number of fused-ring (bicyclic) bond motifs is 1. The molecule has 5 heteroatoms. The van der Waals surface area contributed by atoms with Gasteiger partial charge in [0.05, 0.1) is 6.20 Å². The van der Waals surface area contributed by atoms with E-state index in [0.29, 0.717) is 6.54 Å². The van der Waals surface area contributed by atoms with Gasteiger partial charge in [-0.15, -0.1) is 0 Å². The molecule has 0 fully saturated rings. The minimum atomic E-state index is -0.490. The van der Waals surface area contributed by atoms with Crippen molar-refractivity contribution < 1.29 is 9.53 Å². The van der Waals surface area contributed by atoms with E-state index in [1.54, 1.807) is 0 Å². The molecule has 2 heterocycles. The topological polar surface area (TPSA) is 47.4 Å². The molecule has 23 heavy (non-hydrogen) atoms. The molecular weight excluding hydrogens is 290 g/mol. The van der Waals surface area contributed by atoms with Crippen LogP contribution in [0.1, 0.15) is 30.2 Å². The zero-order valence-corrected chi connectivity index (χ0v) is 14.0. The first kappa shape index (κ1) is 15.6. The van der Waals surface area contributed by atoms with Gasteiger partial charge in [0.1, 0.15) is 5.75 Å². The number of rotatable bonds is 3. The summed E-state index contributed by atoms with van der Waals surface area (Å²) < 4.78 is 7.72. The van der Waals surface area contributed by atoms with Gasteiger partial charge in [-0.3, -0.25) is 9.48 Å². The molecule has 1 amide bonds. The number of carbonyl (C=O) groups is 1. The number of aryl methyl sites for hydroxylation is 2. The standard InChI is InChI=1S/C18H23N3O2/c1-13-6-8-16(9-7-13)23-14(2)18(22)21-10-4-5-17-15(12-21)11-19-20(17)3/h6-9,11,14H,4-5,10,12H2,1-3H3. The average Bonchev–Trinajstić information content (AvgIpc) is 2.76. The average molecular weight is 313 g/mol. The van der Waals surface area contributed by atoms with Gasteiger partial charge < -0.3 is 9.64 Å². The maximum Gasteiger partial charge on any atom is 0.263 e. The molecule has 1 unspecified atom stereocenters. The molecule has 0 bridgehead atoms. The molecule has 5 nitrogen and oxygen atoms in total. The smallest absolute Gasteiger partial charge is 0.263 e. The Balaban J connectivity index is 1.68. The van der Waals surface area contributed by atoms with E-state index >= 15 is 0 Å². The van der Waals surface area contributed by atoms with E-state index in [9.17, 15) is 4.79 Å². The van der Waals surface area contributed by atoms with Gasteiger partial charge in [-0.05, 0) is 38.8 Å². The first-order chi connectivity index (χ1) is 11.0. The minimum absolute atomic E-state index is 0.0299. The Hall–Kier alpha value is -2.30. The van der Waals surface area contributed by atoms with Crippen LogP contribution in [0.2, 0.25) is 0 Å². The van der Waals surface area contributed by atoms with Crippen LogP contribution in [0.4, 0.5) is 0 Å². The van der Waals surface area contributed by atoms with E-state index in [2.05, 4.69) is 5.10 Å². The van der Waals surface area contributed by atoms with Crippen molar-refractivity contribution in [3.05, 3.63) is 47.3 Å². The molecular formula is C18H23N3O2. The minimum Gasteiger partial charge on any atom is -0.481 e. The highest BCUT2D eigenvalue weighted by atomic mass is 16.5. The predicted octanol–water partition coefficient (Wildman–Crippen LogP) is 2.47. The molecule has 1 aromatic carbocycles. The Bertz CT molecular complexity index is 691. The monoisotopic (exact) mass is 313 g/mol. The van der Waals surface area contributed by atoms with E-state index in [1.807, 2.05) is 60.9 Å². The number of aromatic nitrogens is 2. The summed E-state index contributed by atoms with van der Waals surface area (Å²) in [6.45, 7) is 5.22. The van der Waals surface area contributed by atoms with Crippen molar-refractivity contribution >= 4 is 5.91 Å². The zero-order valence-electron chi connectivity index (χ0n) is 14.0. The van der Waals surface area contributed by atoms with Crippen molar-refractivity contribution in [3.63, 3.8) is 0 Å². The molecule has 122 valence electrons. The quantitative estimate of drug-likeness (QED) is 0.874. The third-order valence-electron chi connectivity index (χ3n) is 4.34. The van der Waals surface area contributed by atoms with E-state index in [4.69, 9.17) is 4.74 Å². The van der Waals surface area contributed by atoms with E-state index in [0.717, 1.165) is 30.7 Å². The lowest BCUT2D eigenvalue weighted by atomic mass is 10.2. The maximum absolute atomic E-state index is 12.7. The van der Waals surface area contributed by atoms with Gasteiger partial charge in [0.15, 0.2) is 6.10 Å². The third kappa shape index (κ3) is 3.38. The summed E-state index contributed by atoms with van der Waals surface area (Å²) >= 11 is 0. The molecule has 0 N–H and O–H groups in total. The van der Waals surface area contributed by atoms with Crippen molar-refractivity contribution in [2.45, 2.75) is 39.3 Å². The number of nitrogens with zero attached hydrogens (tertiary/aromatic N) is 3. The van der Waals surface area contributed by atoms with Crippen LogP contribution >= 0.6 is 0 Å². The normalized spacial score (nSPS) is 15.7. The summed E-state index contributed by atoms with van der Waals surface area (Å²) in [5.74, 6) is 0.760. The van der Waals surface area contributed by atoms with Crippen LogP contribution in [0.3, 0.4) is 0 Å². The number of hydrogen-bond acceptors (Lipinski definition) is 3. The Morgan fingerprint density at radius 1 is 1.30 bits per heavy atom. The van der Waals surface area contributed by atoms with Crippen LogP contribution in [0.15, 0.2) is 30.5 Å². The van der Waals surface area contributed by atoms with Gasteiger partial charge in [0.2, 0.25) is 0 Å². The van der Waals surface area contributed by atoms with Crippen LogP contribution in [0.25, 0.3) is 0 Å². The van der Waals surface area contributed by atoms with Crippen molar-refractivity contribution in [2.75, 3.05) is 6.54 Å². The second-order valence-electron chi connectivity index (χ2n) is 6.18. The van der Waals surface area contributed by atoms with Crippen LogP contribution in [-0.2, 0) is 24.8 Å². The third-order valence-corrected chi connectivity index (χ3v) is 4.34. The lowest BCUT2D eigenvalue weighted by Gasteiger charge is -2.24. The molecule has 1 aromatic heterocycles. The Morgan fingerprint density at radius 2 is 2.04 bits per heavy atom. The fourth-order valence-electron chi connectivity index (χ4n) is 3.00. The summed E-state index contributed by atoms with van der Waals surface area (Å²) in [5, 5.41) is 4.30. The van der Waals surface area contributed by atoms with Crippen LogP contribution in [0.5, 0.6) is 5.75 Å². The van der Waals surface area contributed by atoms with Gasteiger partial charge in [0.25, 0.3) is 5.91 Å². The van der Waals surface area contributed by atoms with Crippen LogP contribution in [0, 0.1) is 6.92 Å². The lowest BCUT2D eigenvalue weighted by Crippen LogP contribution is -2.40. The summed E-state index contributed by atoms with van der Waals surface area (Å²) in [7, 11) is 1.96. The van der Waals surface area contributed by atoms with Gasteiger partial charge in [0, 0.05) is 31.4 Å². The number of hydrogen-bond donors (Lipinski definition) is 0. The SMILES string of the molecule is Cc1ccc(OC(C)C(=O)N2CCCc3c(cnn3C)C2)cc1. The fraction of sp³-hybridized carbons (Fsp3) is 0.444. The Morgan fingerprint density at radius 3 is 2.78 bits per heavy atom. The van der Waals surface area contributed by atoms with Crippen LogP contribution in [-0.4, -0.2) is 33.2 Å². The highest BCUT2D eigenvalue weighted by molar-refractivity contribution is 5.81. The molecule has 2 aromatic rings. The van der Waals surface area contributed by atoms with Crippen molar-refractivity contribution in [2.24, 2.45) is 7.05 Å². The molecule has 1 aliphatic rings. The van der Waals surface area contributed by atoms with Crippen molar-refractivity contribution in [3.8, 4) is 5.75 Å². The highest BCUT2D eigenvalue weighted by Crippen LogP contribution is 2.20. The highest BCUT2D eigenvalue weighted by Gasteiger charge is 2.25. The van der Waals surface area contributed by atoms with Gasteiger partial charge >= 0.3 is 0 Å². The Kier molecular flexibility index (Phi) is 4.37. The molecule has 0 radical (unpaired) electrons. The second-order valence-corrected chi connectivity index (χ2v) is 6.18. The van der Waals surface area contributed by atoms with Gasteiger partial charge in [-0.1, -0.05) is 17.7 Å².